The normalized spacial score (nSPS) is 14.7. The summed E-state index contributed by atoms with van der Waals surface area (Å²) >= 11 is 0. The van der Waals surface area contributed by atoms with Gasteiger partial charge in [-0.05, 0) is 30.2 Å². The molecular formula is C13H9F4NS. The molecule has 0 saturated heterocycles. The first-order chi connectivity index (χ1) is 8.70. The van der Waals surface area contributed by atoms with Gasteiger partial charge < -0.3 is 0 Å². The highest BCUT2D eigenvalue weighted by Crippen LogP contribution is 2.99. The second-order valence-corrected chi connectivity index (χ2v) is 6.59. The maximum Gasteiger partial charge on any atom is 0.255 e. The Morgan fingerprint density at radius 1 is 0.842 bits per heavy atom. The van der Waals surface area contributed by atoms with Crippen LogP contribution >= 0.6 is 9.84 Å². The first-order valence-electron chi connectivity index (χ1n) is 5.21. The van der Waals surface area contributed by atoms with Crippen LogP contribution in [0.5, 0.6) is 0 Å². The molecule has 0 spiro atoms. The molecule has 0 radical (unpaired) electrons. The largest absolute Gasteiger partial charge is 0.255 e. The maximum absolute atomic E-state index is 13.8. The molecule has 6 heteroatoms. The van der Waals surface area contributed by atoms with Gasteiger partial charge >= 0.3 is 0 Å². The highest BCUT2D eigenvalue weighted by molar-refractivity contribution is 8.53. The molecule has 1 aromatic heterocycles. The molecule has 0 fully saturated rings. The molecule has 1 nitrogen and oxygen atoms in total. The number of aromatic nitrogens is 1. The van der Waals surface area contributed by atoms with E-state index in [2.05, 4.69) is 4.98 Å². The van der Waals surface area contributed by atoms with Crippen molar-refractivity contribution >= 4 is 9.84 Å². The first-order valence-corrected chi connectivity index (χ1v) is 7.26. The summed E-state index contributed by atoms with van der Waals surface area (Å²) in [6.45, 7) is 0. The fourth-order valence-corrected chi connectivity index (χ4v) is 2.38. The zero-order chi connectivity index (χ0) is 14.0. The molecular weight excluding hydrogens is 278 g/mol. The monoisotopic (exact) mass is 287 g/mol. The molecule has 0 saturated carbocycles. The summed E-state index contributed by atoms with van der Waals surface area (Å²) < 4.78 is 55.1. The Kier molecular flexibility index (Phi) is 2.65. The van der Waals surface area contributed by atoms with Crippen molar-refractivity contribution in [3.05, 3.63) is 60.3 Å². The molecule has 2 aromatic rings. The molecule has 0 aliphatic carbocycles. The smallest absolute Gasteiger partial charge is 0.243 e. The minimum atomic E-state index is -8.66. The molecule has 100 valence electrons. The van der Waals surface area contributed by atoms with Crippen molar-refractivity contribution < 1.29 is 15.5 Å². The van der Waals surface area contributed by atoms with Gasteiger partial charge in [-0.15, -0.1) is 15.5 Å². The SMILES string of the molecule is FS(F)(F)(F)(C#Cc1ccccc1)c1ccccn1. The van der Waals surface area contributed by atoms with Gasteiger partial charge in [-0.1, -0.05) is 24.3 Å². The van der Waals surface area contributed by atoms with Gasteiger partial charge in [-0.3, -0.25) is 0 Å². The van der Waals surface area contributed by atoms with E-state index in [0.29, 0.717) is 6.07 Å². The van der Waals surface area contributed by atoms with E-state index in [1.807, 2.05) is 5.92 Å². The van der Waals surface area contributed by atoms with E-state index in [0.717, 1.165) is 17.5 Å². The van der Waals surface area contributed by atoms with Crippen LogP contribution in [0.1, 0.15) is 5.56 Å². The molecule has 0 N–H and O–H groups in total. The Morgan fingerprint density at radius 2 is 1.47 bits per heavy atom. The number of rotatable bonds is 1. The zero-order valence-corrected chi connectivity index (χ0v) is 10.4. The standard InChI is InChI=1S/C13H9F4NS/c14-19(15,16,17,13-8-4-5-10-18-13)11-9-12-6-2-1-3-7-12/h1-8,10H. The summed E-state index contributed by atoms with van der Waals surface area (Å²) in [4.78, 5) is 3.06. The van der Waals surface area contributed by atoms with Crippen LogP contribution < -0.4 is 0 Å². The van der Waals surface area contributed by atoms with E-state index < -0.39 is 14.9 Å². The second kappa shape index (κ2) is 3.75. The fourth-order valence-electron chi connectivity index (χ4n) is 1.33. The van der Waals surface area contributed by atoms with Gasteiger partial charge in [0.05, 0.1) is 0 Å². The number of halogens is 4. The van der Waals surface area contributed by atoms with Crippen molar-refractivity contribution in [2.45, 2.75) is 5.03 Å². The average Bonchev–Trinajstić information content (AvgIpc) is 2.38. The van der Waals surface area contributed by atoms with Gasteiger partial charge in [0.25, 0.3) is 9.84 Å². The molecule has 0 amide bonds. The van der Waals surface area contributed by atoms with Crippen LogP contribution in [0.15, 0.2) is 59.8 Å². The molecule has 2 rings (SSSR count). The lowest BCUT2D eigenvalue weighted by Crippen LogP contribution is -2.12. The summed E-state index contributed by atoms with van der Waals surface area (Å²) in [7, 11) is -8.66. The van der Waals surface area contributed by atoms with Crippen molar-refractivity contribution in [2.75, 3.05) is 0 Å². The molecule has 1 aromatic carbocycles. The summed E-state index contributed by atoms with van der Waals surface area (Å²) in [5.74, 6) is 1.83. The quantitative estimate of drug-likeness (QED) is 0.539. The summed E-state index contributed by atoms with van der Waals surface area (Å²) in [6.07, 6.45) is 0.887. The Bertz CT molecular complexity index is 653. The predicted molar refractivity (Wildman–Crippen MR) is 67.8 cm³/mol. The van der Waals surface area contributed by atoms with E-state index in [1.165, 1.54) is 30.3 Å². The van der Waals surface area contributed by atoms with Crippen molar-refractivity contribution in [3.8, 4) is 11.2 Å². The van der Waals surface area contributed by atoms with Crippen LogP contribution in [0.2, 0.25) is 0 Å². The lowest BCUT2D eigenvalue weighted by molar-refractivity contribution is 0.463. The Labute approximate surface area is 107 Å². The van der Waals surface area contributed by atoms with E-state index in [9.17, 15) is 15.5 Å². The molecule has 0 bridgehead atoms. The molecule has 0 atom stereocenters. The predicted octanol–water partition coefficient (Wildman–Crippen LogP) is 4.86. The average molecular weight is 287 g/mol. The van der Waals surface area contributed by atoms with Crippen LogP contribution in [-0.2, 0) is 0 Å². The number of hydrogen-bond acceptors (Lipinski definition) is 1. The molecule has 0 aliphatic rings. The Balaban J connectivity index is 2.55. The van der Waals surface area contributed by atoms with Crippen LogP contribution in [0.25, 0.3) is 0 Å². The lowest BCUT2D eigenvalue weighted by atomic mass is 10.2. The van der Waals surface area contributed by atoms with E-state index in [4.69, 9.17) is 0 Å². The topological polar surface area (TPSA) is 12.9 Å². The van der Waals surface area contributed by atoms with Crippen LogP contribution in [0.3, 0.4) is 0 Å². The minimum Gasteiger partial charge on any atom is -0.243 e. The van der Waals surface area contributed by atoms with E-state index in [1.54, 1.807) is 6.07 Å². The maximum atomic E-state index is 13.8. The number of benzene rings is 1. The Hall–Kier alpha value is -2.00. The van der Waals surface area contributed by atoms with E-state index >= 15 is 0 Å². The highest BCUT2D eigenvalue weighted by atomic mass is 32.5. The first kappa shape index (κ1) is 13.4. The highest BCUT2D eigenvalue weighted by Gasteiger charge is 2.65. The minimum absolute atomic E-state index is 0.0917. The lowest BCUT2D eigenvalue weighted by Gasteiger charge is -2.43. The summed E-state index contributed by atoms with van der Waals surface area (Å²) in [5.41, 5.74) is 0.0917. The Morgan fingerprint density at radius 3 is 2.05 bits per heavy atom. The van der Waals surface area contributed by atoms with Gasteiger partial charge in [0.1, 0.15) is 0 Å². The van der Waals surface area contributed by atoms with E-state index in [-0.39, 0.29) is 5.56 Å². The molecule has 0 aliphatic heterocycles. The number of pyridine rings is 1. The zero-order valence-electron chi connectivity index (χ0n) is 9.56. The van der Waals surface area contributed by atoms with Gasteiger partial charge in [0.15, 0.2) is 5.03 Å². The van der Waals surface area contributed by atoms with Crippen LogP contribution in [-0.4, -0.2) is 4.98 Å². The summed E-state index contributed by atoms with van der Waals surface area (Å²) in [6, 6.07) is 10.4. The molecule has 19 heavy (non-hydrogen) atoms. The molecule has 0 unspecified atom stereocenters. The van der Waals surface area contributed by atoms with Crippen molar-refractivity contribution in [1.29, 1.82) is 0 Å². The van der Waals surface area contributed by atoms with Crippen LogP contribution in [0, 0.1) is 11.2 Å². The fraction of sp³-hybridized carbons (Fsp3) is 0. The van der Waals surface area contributed by atoms with Crippen molar-refractivity contribution in [3.63, 3.8) is 0 Å². The third kappa shape index (κ3) is 3.06. The third-order valence-electron chi connectivity index (χ3n) is 2.23. The number of nitrogens with zero attached hydrogens (tertiary/aromatic N) is 1. The van der Waals surface area contributed by atoms with Gasteiger partial charge in [0, 0.05) is 17.0 Å². The van der Waals surface area contributed by atoms with Crippen LogP contribution in [0.4, 0.5) is 15.5 Å². The van der Waals surface area contributed by atoms with Gasteiger partial charge in [-0.25, -0.2) is 4.98 Å². The third-order valence-corrected chi connectivity index (χ3v) is 3.83. The summed E-state index contributed by atoms with van der Waals surface area (Å²) in [5, 5.41) is -0.695. The van der Waals surface area contributed by atoms with Crippen molar-refractivity contribution in [2.24, 2.45) is 0 Å². The van der Waals surface area contributed by atoms with Crippen molar-refractivity contribution in [1.82, 2.24) is 4.98 Å². The number of hydrogen-bond donors (Lipinski definition) is 0. The van der Waals surface area contributed by atoms with Gasteiger partial charge in [-0.2, -0.15) is 0 Å². The second-order valence-electron chi connectivity index (χ2n) is 3.83. The molecule has 1 heterocycles. The van der Waals surface area contributed by atoms with Gasteiger partial charge in [0.2, 0.25) is 0 Å².